The second-order valence-electron chi connectivity index (χ2n) is 6.95. The van der Waals surface area contributed by atoms with Crippen LogP contribution in [0.2, 0.25) is 0 Å². The van der Waals surface area contributed by atoms with E-state index in [4.69, 9.17) is 0 Å². The highest BCUT2D eigenvalue weighted by Gasteiger charge is 2.40. The van der Waals surface area contributed by atoms with Crippen LogP contribution in [0.25, 0.3) is 0 Å². The minimum atomic E-state index is -3.69. The Morgan fingerprint density at radius 3 is 2.81 bits per heavy atom. The molecule has 0 fully saturated rings. The Balaban J connectivity index is 1.66. The van der Waals surface area contributed by atoms with Crippen molar-refractivity contribution in [2.24, 2.45) is 0 Å². The summed E-state index contributed by atoms with van der Waals surface area (Å²) in [6.45, 7) is 3.17. The zero-order valence-electron chi connectivity index (χ0n) is 14.3. The highest BCUT2D eigenvalue weighted by atomic mass is 32.2. The number of carbonyl (C=O) groups excluding carboxylic acids is 1. The SMILES string of the molecule is C[C@H]1CN2C(=O)Cc3c(S(=O)(=O)N4CCc5ccccc54)ccc(c32)S1. The smallest absolute Gasteiger partial charge is 0.264 e. The van der Waals surface area contributed by atoms with Gasteiger partial charge in [0.15, 0.2) is 0 Å². The Morgan fingerprint density at radius 1 is 1.15 bits per heavy atom. The number of amides is 1. The first-order valence-electron chi connectivity index (χ1n) is 8.70. The van der Waals surface area contributed by atoms with E-state index in [1.807, 2.05) is 30.3 Å². The summed E-state index contributed by atoms with van der Waals surface area (Å²) in [4.78, 5) is 15.5. The molecule has 3 heterocycles. The zero-order chi connectivity index (χ0) is 18.1. The van der Waals surface area contributed by atoms with E-state index in [0.717, 1.165) is 21.8 Å². The van der Waals surface area contributed by atoms with Crippen molar-refractivity contribution in [2.75, 3.05) is 22.3 Å². The van der Waals surface area contributed by atoms with Gasteiger partial charge < -0.3 is 4.90 Å². The molecule has 7 heteroatoms. The lowest BCUT2D eigenvalue weighted by atomic mass is 10.1. The number of sulfonamides is 1. The Labute approximate surface area is 157 Å². The predicted octanol–water partition coefficient (Wildman–Crippen LogP) is 2.82. The third-order valence-electron chi connectivity index (χ3n) is 5.28. The second kappa shape index (κ2) is 5.50. The number of hydrogen-bond donors (Lipinski definition) is 0. The van der Waals surface area contributed by atoms with Gasteiger partial charge in [-0.3, -0.25) is 9.10 Å². The average Bonchev–Trinajstić information content (AvgIpc) is 3.18. The van der Waals surface area contributed by atoms with E-state index < -0.39 is 10.0 Å². The normalized spacial score (nSPS) is 21.1. The van der Waals surface area contributed by atoms with E-state index in [2.05, 4.69) is 6.92 Å². The summed E-state index contributed by atoms with van der Waals surface area (Å²) in [6, 6.07) is 11.2. The number of hydrogen-bond acceptors (Lipinski definition) is 4. The van der Waals surface area contributed by atoms with Crippen LogP contribution >= 0.6 is 11.8 Å². The third-order valence-corrected chi connectivity index (χ3v) is 8.31. The number of nitrogens with zero attached hydrogens (tertiary/aromatic N) is 2. The Bertz CT molecular complexity index is 1050. The van der Waals surface area contributed by atoms with Crippen molar-refractivity contribution < 1.29 is 13.2 Å². The minimum absolute atomic E-state index is 0.00197. The molecule has 0 saturated carbocycles. The van der Waals surface area contributed by atoms with Gasteiger partial charge in [-0.05, 0) is 30.2 Å². The molecule has 3 aliphatic rings. The standard InChI is InChI=1S/C19H18N2O3S2/c1-12-11-20-18(22)10-14-17(7-6-16(25-12)19(14)20)26(23,24)21-9-8-13-4-2-3-5-15(13)21/h2-7,12H,8-11H2,1H3/t12-/m0/s1. The van der Waals surface area contributed by atoms with Gasteiger partial charge in [-0.15, -0.1) is 11.8 Å². The lowest BCUT2D eigenvalue weighted by molar-refractivity contribution is -0.117. The van der Waals surface area contributed by atoms with E-state index >= 15 is 0 Å². The van der Waals surface area contributed by atoms with Gasteiger partial charge in [-0.2, -0.15) is 0 Å². The predicted molar refractivity (Wildman–Crippen MR) is 102 cm³/mol. The summed E-state index contributed by atoms with van der Waals surface area (Å²) in [5.41, 5.74) is 3.28. The van der Waals surface area contributed by atoms with Crippen molar-refractivity contribution in [1.29, 1.82) is 0 Å². The molecular formula is C19H18N2O3S2. The fourth-order valence-electron chi connectivity index (χ4n) is 4.15. The fraction of sp³-hybridized carbons (Fsp3) is 0.316. The van der Waals surface area contributed by atoms with Gasteiger partial charge in [0.2, 0.25) is 5.91 Å². The molecular weight excluding hydrogens is 368 g/mol. The topological polar surface area (TPSA) is 57.7 Å². The maximum Gasteiger partial charge on any atom is 0.264 e. The number of fused-ring (bicyclic) bond motifs is 1. The summed E-state index contributed by atoms with van der Waals surface area (Å²) >= 11 is 1.71. The van der Waals surface area contributed by atoms with Crippen LogP contribution in [0.3, 0.4) is 0 Å². The molecule has 1 atom stereocenters. The molecule has 134 valence electrons. The van der Waals surface area contributed by atoms with E-state index in [0.29, 0.717) is 30.3 Å². The fourth-order valence-corrected chi connectivity index (χ4v) is 7.03. The molecule has 2 aromatic carbocycles. The summed E-state index contributed by atoms with van der Waals surface area (Å²) in [5, 5.41) is 0.310. The number of thioether (sulfide) groups is 1. The van der Waals surface area contributed by atoms with Crippen molar-refractivity contribution in [2.45, 2.75) is 34.8 Å². The van der Waals surface area contributed by atoms with Crippen molar-refractivity contribution in [3.63, 3.8) is 0 Å². The largest absolute Gasteiger partial charge is 0.310 e. The molecule has 0 aromatic heterocycles. The average molecular weight is 386 g/mol. The van der Waals surface area contributed by atoms with Gasteiger partial charge >= 0.3 is 0 Å². The maximum absolute atomic E-state index is 13.4. The number of benzene rings is 2. The number of carbonyl (C=O) groups is 1. The maximum atomic E-state index is 13.4. The first-order chi connectivity index (χ1) is 12.5. The van der Waals surface area contributed by atoms with Crippen LogP contribution in [0.15, 0.2) is 46.2 Å². The lowest BCUT2D eigenvalue weighted by Crippen LogP contribution is -2.35. The molecule has 1 amide bonds. The van der Waals surface area contributed by atoms with Crippen molar-refractivity contribution in [1.82, 2.24) is 0 Å². The number of rotatable bonds is 2. The first kappa shape index (κ1) is 16.2. The molecule has 0 radical (unpaired) electrons. The zero-order valence-corrected chi connectivity index (χ0v) is 15.9. The van der Waals surface area contributed by atoms with Crippen LogP contribution < -0.4 is 9.21 Å². The van der Waals surface area contributed by atoms with Gasteiger partial charge in [0.1, 0.15) is 0 Å². The first-order valence-corrected chi connectivity index (χ1v) is 11.0. The molecule has 0 saturated heterocycles. The Morgan fingerprint density at radius 2 is 1.96 bits per heavy atom. The highest BCUT2D eigenvalue weighted by molar-refractivity contribution is 8.00. The third kappa shape index (κ3) is 2.16. The molecule has 0 bridgehead atoms. The monoisotopic (exact) mass is 386 g/mol. The molecule has 26 heavy (non-hydrogen) atoms. The lowest BCUT2D eigenvalue weighted by Gasteiger charge is -2.30. The van der Waals surface area contributed by atoms with Gasteiger partial charge in [-0.1, -0.05) is 25.1 Å². The van der Waals surface area contributed by atoms with Gasteiger partial charge in [0.25, 0.3) is 10.0 Å². The van der Waals surface area contributed by atoms with Crippen LogP contribution in [-0.2, 0) is 27.7 Å². The van der Waals surface area contributed by atoms with Gasteiger partial charge in [0, 0.05) is 28.8 Å². The quantitative estimate of drug-likeness (QED) is 0.796. The van der Waals surface area contributed by atoms with Crippen LogP contribution in [-0.4, -0.2) is 32.7 Å². The summed E-state index contributed by atoms with van der Waals surface area (Å²) < 4.78 is 28.4. The van der Waals surface area contributed by atoms with Gasteiger partial charge in [-0.25, -0.2) is 8.42 Å². The molecule has 5 nitrogen and oxygen atoms in total. The van der Waals surface area contributed by atoms with Crippen LogP contribution in [0.1, 0.15) is 18.1 Å². The second-order valence-corrected chi connectivity index (χ2v) is 10.3. The Kier molecular flexibility index (Phi) is 3.43. The van der Waals surface area contributed by atoms with E-state index in [9.17, 15) is 13.2 Å². The molecule has 2 aromatic rings. The van der Waals surface area contributed by atoms with Crippen molar-refractivity contribution >= 4 is 39.1 Å². The van der Waals surface area contributed by atoms with Crippen molar-refractivity contribution in [3.8, 4) is 0 Å². The summed E-state index contributed by atoms with van der Waals surface area (Å²) in [7, 11) is -3.69. The molecule has 5 rings (SSSR count). The number of para-hydroxylation sites is 1. The molecule has 0 spiro atoms. The van der Waals surface area contributed by atoms with Crippen LogP contribution in [0.5, 0.6) is 0 Å². The van der Waals surface area contributed by atoms with Crippen LogP contribution in [0, 0.1) is 0 Å². The highest BCUT2D eigenvalue weighted by Crippen LogP contribution is 2.47. The molecule has 0 unspecified atom stereocenters. The Hall–Kier alpha value is -1.99. The van der Waals surface area contributed by atoms with Gasteiger partial charge in [0.05, 0.1) is 22.7 Å². The molecule has 0 N–H and O–H groups in total. The minimum Gasteiger partial charge on any atom is -0.310 e. The summed E-state index contributed by atoms with van der Waals surface area (Å²) in [6.07, 6.45) is 0.884. The summed E-state index contributed by atoms with van der Waals surface area (Å²) in [5.74, 6) is -0.00197. The van der Waals surface area contributed by atoms with E-state index in [-0.39, 0.29) is 17.2 Å². The number of anilines is 2. The van der Waals surface area contributed by atoms with E-state index in [1.165, 1.54) is 4.31 Å². The van der Waals surface area contributed by atoms with E-state index in [1.54, 1.807) is 22.7 Å². The van der Waals surface area contributed by atoms with Crippen LogP contribution in [0.4, 0.5) is 11.4 Å². The molecule has 3 aliphatic heterocycles. The van der Waals surface area contributed by atoms with Crippen molar-refractivity contribution in [3.05, 3.63) is 47.5 Å². The molecule has 0 aliphatic carbocycles.